The van der Waals surface area contributed by atoms with Gasteiger partial charge in [-0.1, -0.05) is 13.0 Å². The molecule has 2 heterocycles. The molecule has 0 radical (unpaired) electrons. The Labute approximate surface area is 118 Å². The van der Waals surface area contributed by atoms with Gasteiger partial charge in [0.25, 0.3) is 0 Å². The first-order valence-corrected chi connectivity index (χ1v) is 7.07. The lowest BCUT2D eigenvalue weighted by Crippen LogP contribution is -2.34. The second-order valence-corrected chi connectivity index (χ2v) is 5.59. The number of hydrogen-bond acceptors (Lipinski definition) is 3. The molecule has 1 aromatic heterocycles. The fourth-order valence-electron chi connectivity index (χ4n) is 3.12. The molecule has 1 N–H and O–H groups in total. The largest absolute Gasteiger partial charge is 0.395 e. The molecule has 106 valence electrons. The molecule has 0 bridgehead atoms. The molecule has 1 aromatic carbocycles. The summed E-state index contributed by atoms with van der Waals surface area (Å²) in [6.07, 6.45) is 2.79. The van der Waals surface area contributed by atoms with Crippen molar-refractivity contribution < 1.29 is 9.50 Å². The van der Waals surface area contributed by atoms with Crippen LogP contribution in [0.4, 0.5) is 4.39 Å². The first-order valence-electron chi connectivity index (χ1n) is 7.07. The minimum atomic E-state index is -0.231. The normalized spacial score (nSPS) is 23.6. The summed E-state index contributed by atoms with van der Waals surface area (Å²) < 4.78 is 13.8. The third kappa shape index (κ3) is 2.30. The van der Waals surface area contributed by atoms with Crippen molar-refractivity contribution in [3.05, 3.63) is 41.8 Å². The topological polar surface area (TPSA) is 36.4 Å². The van der Waals surface area contributed by atoms with E-state index in [-0.39, 0.29) is 18.5 Å². The minimum Gasteiger partial charge on any atom is -0.395 e. The molecule has 20 heavy (non-hydrogen) atoms. The number of nitrogens with zero attached hydrogens (tertiary/aromatic N) is 2. The van der Waals surface area contributed by atoms with Crippen LogP contribution in [0.25, 0.3) is 10.9 Å². The van der Waals surface area contributed by atoms with Gasteiger partial charge in [-0.15, -0.1) is 0 Å². The summed E-state index contributed by atoms with van der Waals surface area (Å²) in [5.74, 6) is 0.269. The quantitative estimate of drug-likeness (QED) is 0.934. The van der Waals surface area contributed by atoms with E-state index in [4.69, 9.17) is 0 Å². The zero-order valence-electron chi connectivity index (χ0n) is 11.6. The second kappa shape index (κ2) is 5.46. The van der Waals surface area contributed by atoms with Crippen LogP contribution < -0.4 is 0 Å². The van der Waals surface area contributed by atoms with Crippen LogP contribution in [-0.2, 0) is 6.54 Å². The third-order valence-electron chi connectivity index (χ3n) is 4.36. The van der Waals surface area contributed by atoms with E-state index >= 15 is 0 Å². The molecule has 0 amide bonds. The summed E-state index contributed by atoms with van der Waals surface area (Å²) in [4.78, 5) is 6.59. The lowest BCUT2D eigenvalue weighted by atomic mass is 10.0. The van der Waals surface area contributed by atoms with Crippen LogP contribution in [-0.4, -0.2) is 34.2 Å². The highest BCUT2D eigenvalue weighted by molar-refractivity contribution is 5.82. The van der Waals surface area contributed by atoms with Gasteiger partial charge in [0.1, 0.15) is 5.82 Å². The molecule has 1 aliphatic rings. The molecular weight excluding hydrogens is 255 g/mol. The number of hydrogen-bond donors (Lipinski definition) is 1. The number of aliphatic hydroxyl groups is 1. The van der Waals surface area contributed by atoms with Crippen LogP contribution in [0.1, 0.15) is 18.9 Å². The maximum atomic E-state index is 13.8. The van der Waals surface area contributed by atoms with Crippen LogP contribution >= 0.6 is 0 Å². The number of aliphatic hydroxyl groups excluding tert-OH is 1. The minimum absolute atomic E-state index is 0.174. The Morgan fingerprint density at radius 3 is 3.05 bits per heavy atom. The lowest BCUT2D eigenvalue weighted by Gasteiger charge is -2.25. The van der Waals surface area contributed by atoms with E-state index in [0.717, 1.165) is 24.0 Å². The standard InChI is InChI=1S/C16H19FN2O/c1-11-6-8-19(15(11)10-20)9-12-4-5-14(17)13-3-2-7-18-16(12)13/h2-5,7,11,15,20H,6,8-10H2,1H3. The van der Waals surface area contributed by atoms with Gasteiger partial charge in [0.15, 0.2) is 0 Å². The Morgan fingerprint density at radius 2 is 2.25 bits per heavy atom. The zero-order chi connectivity index (χ0) is 14.1. The molecule has 2 unspecified atom stereocenters. The van der Waals surface area contributed by atoms with Crippen LogP contribution in [0.5, 0.6) is 0 Å². The molecule has 1 saturated heterocycles. The highest BCUT2D eigenvalue weighted by atomic mass is 19.1. The molecule has 2 aromatic rings. The number of pyridine rings is 1. The Bertz CT molecular complexity index is 616. The molecule has 0 spiro atoms. The van der Waals surface area contributed by atoms with Gasteiger partial charge in [-0.05, 0) is 42.6 Å². The van der Waals surface area contributed by atoms with E-state index < -0.39 is 0 Å². The number of halogens is 1. The predicted octanol–water partition coefficient (Wildman–Crippen LogP) is 2.58. The van der Waals surface area contributed by atoms with Gasteiger partial charge >= 0.3 is 0 Å². The highest BCUT2D eigenvalue weighted by Gasteiger charge is 2.30. The molecule has 1 fully saturated rings. The zero-order valence-corrected chi connectivity index (χ0v) is 11.6. The van der Waals surface area contributed by atoms with Crippen molar-refractivity contribution in [3.8, 4) is 0 Å². The number of fused-ring (bicyclic) bond motifs is 1. The van der Waals surface area contributed by atoms with Crippen molar-refractivity contribution >= 4 is 10.9 Å². The molecule has 3 rings (SSSR count). The molecule has 3 nitrogen and oxygen atoms in total. The van der Waals surface area contributed by atoms with E-state index in [1.165, 1.54) is 6.07 Å². The van der Waals surface area contributed by atoms with Crippen molar-refractivity contribution in [1.82, 2.24) is 9.88 Å². The summed E-state index contributed by atoms with van der Waals surface area (Å²) in [6.45, 7) is 4.02. The van der Waals surface area contributed by atoms with Crippen molar-refractivity contribution in [1.29, 1.82) is 0 Å². The van der Waals surface area contributed by atoms with Crippen molar-refractivity contribution in [3.63, 3.8) is 0 Å². The van der Waals surface area contributed by atoms with Gasteiger partial charge in [-0.25, -0.2) is 4.39 Å². The average Bonchev–Trinajstić information content (AvgIpc) is 2.82. The van der Waals surface area contributed by atoms with E-state index in [2.05, 4.69) is 16.8 Å². The van der Waals surface area contributed by atoms with Crippen molar-refractivity contribution in [2.24, 2.45) is 5.92 Å². The number of aromatic nitrogens is 1. The summed E-state index contributed by atoms with van der Waals surface area (Å²) in [5, 5.41) is 10.1. The Balaban J connectivity index is 1.94. The summed E-state index contributed by atoms with van der Waals surface area (Å²) in [5.41, 5.74) is 1.75. The van der Waals surface area contributed by atoms with Gasteiger partial charge < -0.3 is 5.11 Å². The maximum absolute atomic E-state index is 13.8. The molecule has 2 atom stereocenters. The Kier molecular flexibility index (Phi) is 3.68. The van der Waals surface area contributed by atoms with E-state index in [9.17, 15) is 9.50 Å². The molecule has 4 heteroatoms. The van der Waals surface area contributed by atoms with Crippen molar-refractivity contribution in [2.75, 3.05) is 13.2 Å². The Hall–Kier alpha value is -1.52. The number of benzene rings is 1. The highest BCUT2D eigenvalue weighted by Crippen LogP contribution is 2.27. The number of likely N-dealkylation sites (tertiary alicyclic amines) is 1. The van der Waals surface area contributed by atoms with Gasteiger partial charge in [0.2, 0.25) is 0 Å². The second-order valence-electron chi connectivity index (χ2n) is 5.59. The average molecular weight is 274 g/mol. The van der Waals surface area contributed by atoms with Crippen LogP contribution in [0.3, 0.4) is 0 Å². The van der Waals surface area contributed by atoms with Gasteiger partial charge in [-0.2, -0.15) is 0 Å². The fraction of sp³-hybridized carbons (Fsp3) is 0.438. The number of rotatable bonds is 3. The smallest absolute Gasteiger partial charge is 0.132 e. The Morgan fingerprint density at radius 1 is 1.40 bits per heavy atom. The van der Waals surface area contributed by atoms with Crippen molar-refractivity contribution in [2.45, 2.75) is 25.9 Å². The third-order valence-corrected chi connectivity index (χ3v) is 4.36. The van der Waals surface area contributed by atoms with Gasteiger partial charge in [-0.3, -0.25) is 9.88 Å². The maximum Gasteiger partial charge on any atom is 0.132 e. The molecule has 1 aliphatic heterocycles. The van der Waals surface area contributed by atoms with Gasteiger partial charge in [0, 0.05) is 24.2 Å². The monoisotopic (exact) mass is 274 g/mol. The van der Waals surface area contributed by atoms with Crippen LogP contribution in [0, 0.1) is 11.7 Å². The lowest BCUT2D eigenvalue weighted by molar-refractivity contribution is 0.134. The summed E-state index contributed by atoms with van der Waals surface area (Å²) in [7, 11) is 0. The fourth-order valence-corrected chi connectivity index (χ4v) is 3.12. The molecule has 0 saturated carbocycles. The summed E-state index contributed by atoms with van der Waals surface area (Å²) in [6, 6.07) is 7.02. The van der Waals surface area contributed by atoms with Crippen LogP contribution in [0.15, 0.2) is 30.5 Å². The molecular formula is C16H19FN2O. The van der Waals surface area contributed by atoms with Crippen LogP contribution in [0.2, 0.25) is 0 Å². The van der Waals surface area contributed by atoms with E-state index in [1.807, 2.05) is 6.07 Å². The first kappa shape index (κ1) is 13.5. The van der Waals surface area contributed by atoms with E-state index in [1.54, 1.807) is 18.3 Å². The summed E-state index contributed by atoms with van der Waals surface area (Å²) >= 11 is 0. The molecule has 0 aliphatic carbocycles. The SMILES string of the molecule is CC1CCN(Cc2ccc(F)c3cccnc23)C1CO. The first-order chi connectivity index (χ1) is 9.70. The van der Waals surface area contributed by atoms with E-state index in [0.29, 0.717) is 17.8 Å². The predicted molar refractivity (Wildman–Crippen MR) is 76.8 cm³/mol. The van der Waals surface area contributed by atoms with Gasteiger partial charge in [0.05, 0.1) is 12.1 Å².